The van der Waals surface area contributed by atoms with Gasteiger partial charge in [0, 0.05) is 30.1 Å². The predicted molar refractivity (Wildman–Crippen MR) is 76.2 cm³/mol. The fourth-order valence-electron chi connectivity index (χ4n) is 2.59. The SMILES string of the molecule is O=C1CC[C@@H](C(=O)NCCc2c[nH]c3ccccc23)N1. The summed E-state index contributed by atoms with van der Waals surface area (Å²) in [5, 5.41) is 6.74. The Labute approximate surface area is 116 Å². The standard InChI is InChI=1S/C15H17N3O2/c19-14-6-5-13(18-14)15(20)16-8-7-10-9-17-12-4-2-1-3-11(10)12/h1-4,9,13,17H,5-8H2,(H,16,20)(H,18,19)/t13-/m0/s1. The minimum Gasteiger partial charge on any atom is -0.361 e. The van der Waals surface area contributed by atoms with Gasteiger partial charge in [0.2, 0.25) is 11.8 Å². The summed E-state index contributed by atoms with van der Waals surface area (Å²) >= 11 is 0. The van der Waals surface area contributed by atoms with E-state index in [0.29, 0.717) is 19.4 Å². The number of nitrogens with one attached hydrogen (secondary N) is 3. The molecule has 2 heterocycles. The van der Waals surface area contributed by atoms with E-state index in [4.69, 9.17) is 0 Å². The summed E-state index contributed by atoms with van der Waals surface area (Å²) in [4.78, 5) is 26.1. The molecule has 1 aliphatic heterocycles. The number of aromatic nitrogens is 1. The topological polar surface area (TPSA) is 74.0 Å². The molecule has 5 nitrogen and oxygen atoms in total. The first-order valence-corrected chi connectivity index (χ1v) is 6.86. The van der Waals surface area contributed by atoms with E-state index in [0.717, 1.165) is 11.9 Å². The van der Waals surface area contributed by atoms with Gasteiger partial charge < -0.3 is 15.6 Å². The van der Waals surface area contributed by atoms with E-state index in [1.165, 1.54) is 10.9 Å². The molecule has 20 heavy (non-hydrogen) atoms. The third kappa shape index (κ3) is 2.52. The number of amides is 2. The third-order valence-electron chi connectivity index (χ3n) is 3.68. The van der Waals surface area contributed by atoms with Crippen molar-refractivity contribution in [3.63, 3.8) is 0 Å². The van der Waals surface area contributed by atoms with Gasteiger partial charge >= 0.3 is 0 Å². The molecule has 3 N–H and O–H groups in total. The van der Waals surface area contributed by atoms with Gasteiger partial charge in [-0.1, -0.05) is 18.2 Å². The van der Waals surface area contributed by atoms with E-state index in [1.54, 1.807) is 0 Å². The summed E-state index contributed by atoms with van der Waals surface area (Å²) in [7, 11) is 0. The lowest BCUT2D eigenvalue weighted by Gasteiger charge is -2.10. The fourth-order valence-corrected chi connectivity index (χ4v) is 2.59. The van der Waals surface area contributed by atoms with Gasteiger partial charge in [-0.05, 0) is 24.5 Å². The van der Waals surface area contributed by atoms with Crippen molar-refractivity contribution in [3.8, 4) is 0 Å². The van der Waals surface area contributed by atoms with Gasteiger partial charge in [0.25, 0.3) is 0 Å². The van der Waals surface area contributed by atoms with Crippen molar-refractivity contribution in [3.05, 3.63) is 36.0 Å². The molecule has 2 amide bonds. The molecular weight excluding hydrogens is 254 g/mol. The van der Waals surface area contributed by atoms with Crippen LogP contribution in [0.3, 0.4) is 0 Å². The molecule has 0 saturated carbocycles. The quantitative estimate of drug-likeness (QED) is 0.779. The molecule has 5 heteroatoms. The molecule has 0 radical (unpaired) electrons. The maximum Gasteiger partial charge on any atom is 0.242 e. The van der Waals surface area contributed by atoms with E-state index in [-0.39, 0.29) is 17.9 Å². The first kappa shape index (κ1) is 12.7. The van der Waals surface area contributed by atoms with Gasteiger partial charge in [0.05, 0.1) is 0 Å². The van der Waals surface area contributed by atoms with Crippen molar-refractivity contribution in [1.82, 2.24) is 15.6 Å². The Hall–Kier alpha value is -2.30. The zero-order valence-electron chi connectivity index (χ0n) is 11.1. The Morgan fingerprint density at radius 3 is 3.00 bits per heavy atom. The lowest BCUT2D eigenvalue weighted by atomic mass is 10.1. The molecule has 0 bridgehead atoms. The number of fused-ring (bicyclic) bond motifs is 1. The van der Waals surface area contributed by atoms with Crippen LogP contribution in [0, 0.1) is 0 Å². The monoisotopic (exact) mass is 271 g/mol. The van der Waals surface area contributed by atoms with Crippen LogP contribution < -0.4 is 10.6 Å². The maximum atomic E-state index is 11.8. The molecule has 3 rings (SSSR count). The molecule has 1 aromatic heterocycles. The number of hydrogen-bond donors (Lipinski definition) is 3. The minimum atomic E-state index is -0.356. The van der Waals surface area contributed by atoms with Crippen LogP contribution in [-0.4, -0.2) is 29.4 Å². The number of rotatable bonds is 4. The summed E-state index contributed by atoms with van der Waals surface area (Å²) in [6.45, 7) is 0.576. The summed E-state index contributed by atoms with van der Waals surface area (Å²) in [5.41, 5.74) is 2.30. The van der Waals surface area contributed by atoms with Crippen LogP contribution in [0.4, 0.5) is 0 Å². The van der Waals surface area contributed by atoms with Gasteiger partial charge in [0.15, 0.2) is 0 Å². The second kappa shape index (κ2) is 5.36. The van der Waals surface area contributed by atoms with Crippen LogP contribution in [0.1, 0.15) is 18.4 Å². The fraction of sp³-hybridized carbons (Fsp3) is 0.333. The summed E-state index contributed by atoms with van der Waals surface area (Å²) in [6, 6.07) is 7.75. The Balaban J connectivity index is 1.55. The average Bonchev–Trinajstić information content (AvgIpc) is 3.06. The van der Waals surface area contributed by atoms with Crippen molar-refractivity contribution in [2.24, 2.45) is 0 Å². The molecule has 0 aliphatic carbocycles. The largest absolute Gasteiger partial charge is 0.361 e. The van der Waals surface area contributed by atoms with E-state index in [1.807, 2.05) is 24.4 Å². The highest BCUT2D eigenvalue weighted by Crippen LogP contribution is 2.17. The zero-order valence-corrected chi connectivity index (χ0v) is 11.1. The average molecular weight is 271 g/mol. The molecule has 104 valence electrons. The molecule has 0 spiro atoms. The number of H-pyrrole nitrogens is 1. The van der Waals surface area contributed by atoms with Gasteiger partial charge in [-0.15, -0.1) is 0 Å². The summed E-state index contributed by atoms with van der Waals surface area (Å²) in [5.74, 6) is -0.127. The molecule has 2 aromatic rings. The third-order valence-corrected chi connectivity index (χ3v) is 3.68. The molecule has 1 aliphatic rings. The maximum absolute atomic E-state index is 11.8. The lowest BCUT2D eigenvalue weighted by Crippen LogP contribution is -2.42. The summed E-state index contributed by atoms with van der Waals surface area (Å²) in [6.07, 6.45) is 3.79. The van der Waals surface area contributed by atoms with E-state index in [2.05, 4.69) is 21.7 Å². The normalized spacial score (nSPS) is 18.2. The van der Waals surface area contributed by atoms with Crippen LogP contribution in [0.5, 0.6) is 0 Å². The van der Waals surface area contributed by atoms with Crippen molar-refractivity contribution >= 4 is 22.7 Å². The molecule has 1 saturated heterocycles. The highest BCUT2D eigenvalue weighted by atomic mass is 16.2. The molecule has 1 fully saturated rings. The van der Waals surface area contributed by atoms with E-state index < -0.39 is 0 Å². The van der Waals surface area contributed by atoms with Gasteiger partial charge in [-0.25, -0.2) is 0 Å². The van der Waals surface area contributed by atoms with E-state index in [9.17, 15) is 9.59 Å². The highest BCUT2D eigenvalue weighted by molar-refractivity contribution is 5.90. The van der Waals surface area contributed by atoms with Crippen LogP contribution in [0.15, 0.2) is 30.5 Å². The zero-order chi connectivity index (χ0) is 13.9. The molecular formula is C15H17N3O2. The van der Waals surface area contributed by atoms with Crippen molar-refractivity contribution in [2.45, 2.75) is 25.3 Å². The van der Waals surface area contributed by atoms with Gasteiger partial charge in [0.1, 0.15) is 6.04 Å². The minimum absolute atomic E-state index is 0.0400. The van der Waals surface area contributed by atoms with E-state index >= 15 is 0 Å². The van der Waals surface area contributed by atoms with Crippen LogP contribution in [-0.2, 0) is 16.0 Å². The Morgan fingerprint density at radius 1 is 1.35 bits per heavy atom. The number of hydrogen-bond acceptors (Lipinski definition) is 2. The number of para-hydroxylation sites is 1. The molecule has 0 unspecified atom stereocenters. The second-order valence-electron chi connectivity index (χ2n) is 5.06. The number of carbonyl (C=O) groups is 2. The predicted octanol–water partition coefficient (Wildman–Crippen LogP) is 1.11. The Kier molecular flexibility index (Phi) is 3.41. The van der Waals surface area contributed by atoms with Crippen LogP contribution in [0.2, 0.25) is 0 Å². The van der Waals surface area contributed by atoms with Crippen LogP contribution >= 0.6 is 0 Å². The molecule has 1 aromatic carbocycles. The first-order valence-electron chi connectivity index (χ1n) is 6.86. The second-order valence-corrected chi connectivity index (χ2v) is 5.06. The smallest absolute Gasteiger partial charge is 0.242 e. The number of aromatic amines is 1. The summed E-state index contributed by atoms with van der Waals surface area (Å²) < 4.78 is 0. The van der Waals surface area contributed by atoms with Gasteiger partial charge in [-0.2, -0.15) is 0 Å². The first-order chi connectivity index (χ1) is 9.74. The Morgan fingerprint density at radius 2 is 2.20 bits per heavy atom. The number of carbonyl (C=O) groups excluding carboxylic acids is 2. The highest BCUT2D eigenvalue weighted by Gasteiger charge is 2.26. The van der Waals surface area contributed by atoms with Gasteiger partial charge in [-0.3, -0.25) is 9.59 Å². The Bertz CT molecular complexity index is 647. The van der Waals surface area contributed by atoms with Crippen molar-refractivity contribution in [2.75, 3.05) is 6.54 Å². The van der Waals surface area contributed by atoms with Crippen LogP contribution in [0.25, 0.3) is 10.9 Å². The van der Waals surface area contributed by atoms with Crippen molar-refractivity contribution in [1.29, 1.82) is 0 Å². The number of benzene rings is 1. The lowest BCUT2D eigenvalue weighted by molar-refractivity contribution is -0.125. The molecule has 1 atom stereocenters. The van der Waals surface area contributed by atoms with Crippen molar-refractivity contribution < 1.29 is 9.59 Å².